The Labute approximate surface area is 139 Å². The van der Waals surface area contributed by atoms with Crippen LogP contribution in [0.2, 0.25) is 0 Å². The molecule has 23 heavy (non-hydrogen) atoms. The lowest BCUT2D eigenvalue weighted by atomic mass is 10.1. The molecule has 0 atom stereocenters. The maximum atomic E-state index is 13.2. The summed E-state index contributed by atoms with van der Waals surface area (Å²) in [5.74, 6) is -2.58. The number of halogens is 3. The molecule has 4 nitrogen and oxygen atoms in total. The lowest BCUT2D eigenvalue weighted by Crippen LogP contribution is -2.15. The van der Waals surface area contributed by atoms with Crippen molar-refractivity contribution in [2.45, 2.75) is 0 Å². The fraction of sp³-hybridized carbons (Fsp3) is 0.125. The highest BCUT2D eigenvalue weighted by Crippen LogP contribution is 2.21. The van der Waals surface area contributed by atoms with E-state index in [0.717, 1.165) is 18.2 Å². The van der Waals surface area contributed by atoms with Crippen molar-refractivity contribution in [3.63, 3.8) is 0 Å². The van der Waals surface area contributed by atoms with Crippen LogP contribution in [0.15, 0.2) is 40.9 Å². The lowest BCUT2D eigenvalue weighted by molar-refractivity contribution is 0.0472. The van der Waals surface area contributed by atoms with E-state index in [2.05, 4.69) is 15.9 Å². The summed E-state index contributed by atoms with van der Waals surface area (Å²) in [5.41, 5.74) is -0.0948. The molecule has 0 aliphatic carbocycles. The largest absolute Gasteiger partial charge is 0.496 e. The van der Waals surface area contributed by atoms with Crippen LogP contribution in [0.5, 0.6) is 5.75 Å². The van der Waals surface area contributed by atoms with E-state index in [1.807, 2.05) is 0 Å². The molecule has 0 amide bonds. The number of benzene rings is 2. The second-order valence-electron chi connectivity index (χ2n) is 4.47. The van der Waals surface area contributed by atoms with Crippen LogP contribution >= 0.6 is 15.9 Å². The standard InChI is InChI=1S/C16H11BrF2O4/c1-22-15-5-3-10(19)7-12(15)14(20)8-23-16(21)11-6-9(18)2-4-13(11)17/h2-7H,8H2,1H3. The minimum atomic E-state index is -0.875. The van der Waals surface area contributed by atoms with Crippen LogP contribution in [-0.2, 0) is 4.74 Å². The third kappa shape index (κ3) is 4.13. The van der Waals surface area contributed by atoms with Crippen molar-refractivity contribution in [1.82, 2.24) is 0 Å². The second-order valence-corrected chi connectivity index (χ2v) is 5.32. The third-order valence-corrected chi connectivity index (χ3v) is 3.64. The summed E-state index contributed by atoms with van der Waals surface area (Å²) < 4.78 is 36.6. The Morgan fingerprint density at radius 2 is 1.65 bits per heavy atom. The van der Waals surface area contributed by atoms with Crippen molar-refractivity contribution in [2.24, 2.45) is 0 Å². The Morgan fingerprint density at radius 1 is 1.04 bits per heavy atom. The zero-order chi connectivity index (χ0) is 17.0. The highest BCUT2D eigenvalue weighted by molar-refractivity contribution is 9.10. The number of Topliss-reactive ketones (excluding diaryl/α,β-unsaturated/α-hetero) is 1. The molecular formula is C16H11BrF2O4. The molecule has 0 radical (unpaired) electrons. The van der Waals surface area contributed by atoms with Crippen molar-refractivity contribution >= 4 is 27.7 Å². The van der Waals surface area contributed by atoms with Crippen LogP contribution in [0.3, 0.4) is 0 Å². The molecule has 2 rings (SSSR count). The van der Waals surface area contributed by atoms with Gasteiger partial charge in [0, 0.05) is 4.47 Å². The van der Waals surface area contributed by atoms with Crippen molar-refractivity contribution in [1.29, 1.82) is 0 Å². The maximum Gasteiger partial charge on any atom is 0.339 e. The Kier molecular flexibility index (Phi) is 5.44. The SMILES string of the molecule is COc1ccc(F)cc1C(=O)COC(=O)c1cc(F)ccc1Br. The second kappa shape index (κ2) is 7.32. The monoisotopic (exact) mass is 384 g/mol. The number of carbonyl (C=O) groups is 2. The Morgan fingerprint density at radius 3 is 2.30 bits per heavy atom. The van der Waals surface area contributed by atoms with Gasteiger partial charge in [-0.2, -0.15) is 0 Å². The molecule has 0 heterocycles. The van der Waals surface area contributed by atoms with Gasteiger partial charge in [0.05, 0.1) is 18.2 Å². The molecule has 0 unspecified atom stereocenters. The van der Waals surface area contributed by atoms with Gasteiger partial charge in [-0.05, 0) is 52.3 Å². The highest BCUT2D eigenvalue weighted by Gasteiger charge is 2.18. The molecule has 0 aliphatic rings. The number of esters is 1. The van der Waals surface area contributed by atoms with Gasteiger partial charge in [-0.25, -0.2) is 13.6 Å². The maximum absolute atomic E-state index is 13.2. The summed E-state index contributed by atoms with van der Waals surface area (Å²) in [6, 6.07) is 6.94. The molecular weight excluding hydrogens is 374 g/mol. The number of rotatable bonds is 5. The molecule has 0 bridgehead atoms. The first kappa shape index (κ1) is 17.1. The van der Waals surface area contributed by atoms with Crippen LogP contribution in [0, 0.1) is 11.6 Å². The van der Waals surface area contributed by atoms with E-state index in [1.165, 1.54) is 25.3 Å². The van der Waals surface area contributed by atoms with Gasteiger partial charge >= 0.3 is 5.97 Å². The average Bonchev–Trinajstić information content (AvgIpc) is 2.54. The van der Waals surface area contributed by atoms with Gasteiger partial charge in [0.1, 0.15) is 17.4 Å². The molecule has 120 valence electrons. The van der Waals surface area contributed by atoms with Crippen LogP contribution in [-0.4, -0.2) is 25.5 Å². The number of methoxy groups -OCH3 is 1. The molecule has 2 aromatic carbocycles. The number of ketones is 1. The van der Waals surface area contributed by atoms with Gasteiger partial charge in [-0.3, -0.25) is 4.79 Å². The third-order valence-electron chi connectivity index (χ3n) is 2.94. The van der Waals surface area contributed by atoms with Gasteiger partial charge in [0.25, 0.3) is 0 Å². The van der Waals surface area contributed by atoms with Crippen molar-refractivity contribution < 1.29 is 27.8 Å². The predicted octanol–water partition coefficient (Wildman–Crippen LogP) is 3.78. The quantitative estimate of drug-likeness (QED) is 0.581. The molecule has 0 aliphatic heterocycles. The minimum absolute atomic E-state index is 0.0430. The van der Waals surface area contributed by atoms with E-state index in [4.69, 9.17) is 9.47 Å². The topological polar surface area (TPSA) is 52.6 Å². The molecule has 0 saturated heterocycles. The van der Waals surface area contributed by atoms with Crippen molar-refractivity contribution in [3.8, 4) is 5.75 Å². The predicted molar refractivity (Wildman–Crippen MR) is 81.7 cm³/mol. The molecule has 7 heteroatoms. The zero-order valence-corrected chi connectivity index (χ0v) is 13.5. The highest BCUT2D eigenvalue weighted by atomic mass is 79.9. The lowest BCUT2D eigenvalue weighted by Gasteiger charge is -2.09. The van der Waals surface area contributed by atoms with Gasteiger partial charge < -0.3 is 9.47 Å². The van der Waals surface area contributed by atoms with Gasteiger partial charge in [-0.15, -0.1) is 0 Å². The first-order chi connectivity index (χ1) is 10.9. The Balaban J connectivity index is 2.11. The fourth-order valence-electron chi connectivity index (χ4n) is 1.84. The summed E-state index contributed by atoms with van der Waals surface area (Å²) in [6.07, 6.45) is 0. The number of hydrogen-bond acceptors (Lipinski definition) is 4. The smallest absolute Gasteiger partial charge is 0.339 e. The van der Waals surface area contributed by atoms with Gasteiger partial charge in [-0.1, -0.05) is 0 Å². The molecule has 0 fully saturated rings. The molecule has 0 N–H and O–H groups in total. The van der Waals surface area contributed by atoms with Crippen LogP contribution in [0.1, 0.15) is 20.7 Å². The fourth-order valence-corrected chi connectivity index (χ4v) is 2.25. The molecule has 2 aromatic rings. The first-order valence-electron chi connectivity index (χ1n) is 6.41. The van der Waals surface area contributed by atoms with Crippen molar-refractivity contribution in [2.75, 3.05) is 13.7 Å². The normalized spacial score (nSPS) is 10.3. The number of carbonyl (C=O) groups excluding carboxylic acids is 2. The first-order valence-corrected chi connectivity index (χ1v) is 7.20. The van der Waals surface area contributed by atoms with E-state index in [1.54, 1.807) is 0 Å². The van der Waals surface area contributed by atoms with Crippen molar-refractivity contribution in [3.05, 3.63) is 63.6 Å². The van der Waals surface area contributed by atoms with E-state index in [0.29, 0.717) is 4.47 Å². The Hall–Kier alpha value is -2.28. The molecule has 0 aromatic heterocycles. The average molecular weight is 385 g/mol. The minimum Gasteiger partial charge on any atom is -0.496 e. The van der Waals surface area contributed by atoms with Crippen LogP contribution in [0.25, 0.3) is 0 Å². The van der Waals surface area contributed by atoms with E-state index in [9.17, 15) is 18.4 Å². The van der Waals surface area contributed by atoms with E-state index in [-0.39, 0.29) is 16.9 Å². The summed E-state index contributed by atoms with van der Waals surface area (Å²) in [4.78, 5) is 24.0. The van der Waals surface area contributed by atoms with E-state index >= 15 is 0 Å². The number of ether oxygens (including phenoxy) is 2. The molecule has 0 spiro atoms. The summed E-state index contributed by atoms with van der Waals surface area (Å²) in [5, 5.41) is 0. The van der Waals surface area contributed by atoms with Crippen LogP contribution in [0.4, 0.5) is 8.78 Å². The summed E-state index contributed by atoms with van der Waals surface area (Å²) >= 11 is 3.09. The number of hydrogen-bond donors (Lipinski definition) is 0. The summed E-state index contributed by atoms with van der Waals surface area (Å²) in [7, 11) is 1.33. The Bertz CT molecular complexity index is 762. The van der Waals surface area contributed by atoms with Crippen LogP contribution < -0.4 is 4.74 Å². The van der Waals surface area contributed by atoms with Gasteiger partial charge in [0.15, 0.2) is 6.61 Å². The summed E-state index contributed by atoms with van der Waals surface area (Å²) in [6.45, 7) is -0.623. The molecule has 0 saturated carbocycles. The van der Waals surface area contributed by atoms with Gasteiger partial charge in [0.2, 0.25) is 5.78 Å². The van der Waals surface area contributed by atoms with E-state index < -0.39 is 30.0 Å². The zero-order valence-electron chi connectivity index (χ0n) is 11.9.